The van der Waals surface area contributed by atoms with Crippen LogP contribution in [0.25, 0.3) is 0 Å². The van der Waals surface area contributed by atoms with Crippen LogP contribution in [-0.2, 0) is 35.2 Å². The molecule has 13 heteroatoms. The average molecular weight is 486 g/mol. The van der Waals surface area contributed by atoms with Gasteiger partial charge in [-0.3, -0.25) is 10.1 Å². The van der Waals surface area contributed by atoms with E-state index in [1.165, 1.54) is 13.4 Å². The van der Waals surface area contributed by atoms with Crippen LogP contribution >= 0.6 is 0 Å². The van der Waals surface area contributed by atoms with Crippen molar-refractivity contribution >= 4 is 37.8 Å². The van der Waals surface area contributed by atoms with E-state index in [0.717, 1.165) is 0 Å². The fourth-order valence-corrected chi connectivity index (χ4v) is 3.69. The summed E-state index contributed by atoms with van der Waals surface area (Å²) in [6.45, 7) is 13.1. The highest BCUT2D eigenvalue weighted by Crippen LogP contribution is 2.27. The molecule has 12 nitrogen and oxygen atoms in total. The third kappa shape index (κ3) is 8.85. The van der Waals surface area contributed by atoms with Gasteiger partial charge in [0.15, 0.2) is 11.7 Å². The van der Waals surface area contributed by atoms with E-state index in [-0.39, 0.29) is 31.1 Å². The summed E-state index contributed by atoms with van der Waals surface area (Å²) in [4.78, 5) is 47.0. The van der Waals surface area contributed by atoms with Crippen LogP contribution in [0, 0.1) is 0 Å². The molecule has 0 spiro atoms. The highest BCUT2D eigenvalue weighted by atomic mass is 28.3. The molecule has 1 amide bonds. The molecule has 0 aromatic carbocycles. The second kappa shape index (κ2) is 11.3. The van der Waals surface area contributed by atoms with Crippen LogP contribution in [0.15, 0.2) is 11.5 Å². The first-order chi connectivity index (χ1) is 15.1. The standard InChI is InChI=1S/C20H35N5O7Si/c1-19(2,3)31-18(28)24-16-13(22-12-23-16)11-30-20(4,33(6,7)8)17(21)25-32-15(27)10-9-14(26)29-5/h12H,9-11H2,1-8H3,(H2,21,25)(H,22,23)(H,24,28). The second-order valence-electron chi connectivity index (χ2n) is 9.44. The Morgan fingerprint density at radius 1 is 1.15 bits per heavy atom. The number of esters is 1. The number of amides is 1. The molecule has 1 heterocycles. The number of H-pyrrole nitrogens is 1. The zero-order valence-electron chi connectivity index (χ0n) is 20.5. The summed E-state index contributed by atoms with van der Waals surface area (Å²) in [5, 5.41) is 5.31. The van der Waals surface area contributed by atoms with Crippen LogP contribution in [0.3, 0.4) is 0 Å². The van der Waals surface area contributed by atoms with Crippen molar-refractivity contribution in [3.63, 3.8) is 0 Å². The topological polar surface area (TPSA) is 167 Å². The number of methoxy groups -OCH3 is 1. The van der Waals surface area contributed by atoms with E-state index < -0.39 is 36.9 Å². The lowest BCUT2D eigenvalue weighted by Gasteiger charge is -2.39. The SMILES string of the molecule is COC(=O)CCC(=O)O/N=C(\N)C(C)(OCc1[nH]cnc1NC(=O)OC(C)(C)C)[Si](C)(C)C. The molecule has 0 fully saturated rings. The zero-order chi connectivity index (χ0) is 25.4. The van der Waals surface area contributed by atoms with E-state index >= 15 is 0 Å². The number of carbonyl (C=O) groups is 3. The first-order valence-electron chi connectivity index (χ1n) is 10.4. The molecule has 1 rings (SSSR count). The van der Waals surface area contributed by atoms with Gasteiger partial charge in [0, 0.05) is 0 Å². The van der Waals surface area contributed by atoms with Crippen molar-refractivity contribution in [3.05, 3.63) is 12.0 Å². The third-order valence-corrected chi connectivity index (χ3v) is 8.03. The minimum Gasteiger partial charge on any atom is -0.469 e. The first-order valence-corrected chi connectivity index (χ1v) is 13.9. The molecule has 0 radical (unpaired) electrons. The van der Waals surface area contributed by atoms with Gasteiger partial charge in [0.1, 0.15) is 10.8 Å². The number of aromatic amines is 1. The molecule has 0 aliphatic carbocycles. The van der Waals surface area contributed by atoms with E-state index in [9.17, 15) is 14.4 Å². The maximum atomic E-state index is 12.1. The van der Waals surface area contributed by atoms with Crippen molar-refractivity contribution in [2.75, 3.05) is 12.4 Å². The quantitative estimate of drug-likeness (QED) is 0.113. The number of ether oxygens (including phenoxy) is 3. The predicted octanol–water partition coefficient (Wildman–Crippen LogP) is 2.68. The smallest absolute Gasteiger partial charge is 0.413 e. The highest BCUT2D eigenvalue weighted by Gasteiger charge is 2.45. The van der Waals surface area contributed by atoms with Gasteiger partial charge >= 0.3 is 18.0 Å². The maximum Gasteiger partial charge on any atom is 0.413 e. The number of carbonyl (C=O) groups excluding carboxylic acids is 3. The van der Waals surface area contributed by atoms with E-state index in [1.54, 1.807) is 27.7 Å². The van der Waals surface area contributed by atoms with Crippen molar-refractivity contribution < 1.29 is 33.4 Å². The van der Waals surface area contributed by atoms with E-state index in [0.29, 0.717) is 5.69 Å². The van der Waals surface area contributed by atoms with Gasteiger partial charge in [0.05, 0.1) is 46.7 Å². The molecule has 33 heavy (non-hydrogen) atoms. The zero-order valence-corrected chi connectivity index (χ0v) is 21.5. The summed E-state index contributed by atoms with van der Waals surface area (Å²) in [7, 11) is -0.962. The monoisotopic (exact) mass is 485 g/mol. The van der Waals surface area contributed by atoms with Gasteiger partial charge in [-0.15, -0.1) is 0 Å². The Morgan fingerprint density at radius 2 is 1.76 bits per heavy atom. The van der Waals surface area contributed by atoms with Gasteiger partial charge in [-0.05, 0) is 27.7 Å². The maximum absolute atomic E-state index is 12.1. The summed E-state index contributed by atoms with van der Waals surface area (Å²) >= 11 is 0. The molecule has 186 valence electrons. The Kier molecular flexibility index (Phi) is 9.60. The van der Waals surface area contributed by atoms with Crippen LogP contribution < -0.4 is 11.1 Å². The molecule has 1 unspecified atom stereocenters. The number of nitrogens with zero attached hydrogens (tertiary/aromatic N) is 2. The van der Waals surface area contributed by atoms with Gasteiger partial charge in [-0.2, -0.15) is 0 Å². The van der Waals surface area contributed by atoms with Gasteiger partial charge in [-0.25, -0.2) is 14.6 Å². The highest BCUT2D eigenvalue weighted by molar-refractivity contribution is 6.82. The molecule has 1 aromatic rings. The van der Waals surface area contributed by atoms with Gasteiger partial charge < -0.3 is 29.8 Å². The molecule has 0 aliphatic rings. The Bertz CT molecular complexity index is 873. The number of nitrogens with one attached hydrogen (secondary N) is 2. The van der Waals surface area contributed by atoms with Gasteiger partial charge in [-0.1, -0.05) is 24.8 Å². The molecule has 0 saturated carbocycles. The van der Waals surface area contributed by atoms with Crippen LogP contribution in [0.4, 0.5) is 10.6 Å². The van der Waals surface area contributed by atoms with Crippen LogP contribution in [0.5, 0.6) is 0 Å². The van der Waals surface area contributed by atoms with Crippen LogP contribution in [0.1, 0.15) is 46.2 Å². The number of amidine groups is 1. The minimum atomic E-state index is -2.19. The van der Waals surface area contributed by atoms with Gasteiger partial charge in [0.2, 0.25) is 0 Å². The average Bonchev–Trinajstić information content (AvgIpc) is 3.12. The molecule has 1 aromatic heterocycles. The number of anilines is 1. The van der Waals surface area contributed by atoms with Crippen molar-refractivity contribution in [1.29, 1.82) is 0 Å². The van der Waals surface area contributed by atoms with E-state index in [2.05, 4.69) is 25.2 Å². The summed E-state index contributed by atoms with van der Waals surface area (Å²) in [5.74, 6) is -1.02. The number of hydrogen-bond acceptors (Lipinski definition) is 9. The number of imidazole rings is 1. The van der Waals surface area contributed by atoms with Crippen LogP contribution in [-0.4, -0.2) is 59.8 Å². The van der Waals surface area contributed by atoms with E-state index in [4.69, 9.17) is 20.0 Å². The normalized spacial score (nSPS) is 14.2. The molecule has 0 aliphatic heterocycles. The summed E-state index contributed by atoms with van der Waals surface area (Å²) in [5.41, 5.74) is 6.01. The molecule has 4 N–H and O–H groups in total. The lowest BCUT2D eigenvalue weighted by molar-refractivity contribution is -0.149. The van der Waals surface area contributed by atoms with Crippen molar-refractivity contribution in [2.45, 2.75) is 77.6 Å². The lowest BCUT2D eigenvalue weighted by atomic mass is 10.2. The minimum absolute atomic E-state index is 0.0123. The largest absolute Gasteiger partial charge is 0.469 e. The Labute approximate surface area is 194 Å². The van der Waals surface area contributed by atoms with Crippen molar-refractivity contribution in [2.24, 2.45) is 10.9 Å². The van der Waals surface area contributed by atoms with Gasteiger partial charge in [0.25, 0.3) is 0 Å². The molecule has 0 bridgehead atoms. The fraction of sp³-hybridized carbons (Fsp3) is 0.650. The second-order valence-corrected chi connectivity index (χ2v) is 14.9. The summed E-state index contributed by atoms with van der Waals surface area (Å²) in [6, 6.07) is 0. The summed E-state index contributed by atoms with van der Waals surface area (Å²) < 4.78 is 15.9. The Morgan fingerprint density at radius 3 is 2.30 bits per heavy atom. The van der Waals surface area contributed by atoms with Crippen molar-refractivity contribution in [1.82, 2.24) is 9.97 Å². The van der Waals surface area contributed by atoms with E-state index in [1.807, 2.05) is 19.6 Å². The number of rotatable bonds is 10. The number of hydrogen-bond donors (Lipinski definition) is 3. The number of oxime groups is 1. The number of aromatic nitrogens is 2. The molecular formula is C20H35N5O7Si. The fourth-order valence-electron chi connectivity index (χ4n) is 2.37. The number of nitrogens with two attached hydrogens (primary N) is 1. The molecule has 0 saturated heterocycles. The molecule has 1 atom stereocenters. The first kappa shape index (κ1) is 28.1. The lowest BCUT2D eigenvalue weighted by Crippen LogP contribution is -2.60. The Balaban J connectivity index is 2.90. The third-order valence-electron chi connectivity index (χ3n) is 4.77. The summed E-state index contributed by atoms with van der Waals surface area (Å²) in [6.07, 6.45) is 0.447. The van der Waals surface area contributed by atoms with Crippen molar-refractivity contribution in [3.8, 4) is 0 Å². The predicted molar refractivity (Wildman–Crippen MR) is 124 cm³/mol. The Hall–Kier alpha value is -2.93. The molecular weight excluding hydrogens is 450 g/mol. The van der Waals surface area contributed by atoms with Crippen LogP contribution in [0.2, 0.25) is 19.6 Å².